The summed E-state index contributed by atoms with van der Waals surface area (Å²) >= 11 is 0. The lowest BCUT2D eigenvalue weighted by Crippen LogP contribution is -2.30. The van der Waals surface area contributed by atoms with Crippen molar-refractivity contribution in [2.75, 3.05) is 0 Å². The molecule has 0 spiro atoms. The summed E-state index contributed by atoms with van der Waals surface area (Å²) in [6, 6.07) is 1.98. The molecular weight excluding hydrogens is 198 g/mol. The topological polar surface area (TPSA) is 33.1 Å². The molecule has 1 aromatic rings. The fraction of sp³-hybridized carbons (Fsp3) is 0.643. The largest absolute Gasteiger partial charge is 0.385 e. The highest BCUT2D eigenvalue weighted by Gasteiger charge is 2.49. The molecule has 2 atom stereocenters. The van der Waals surface area contributed by atoms with Gasteiger partial charge in [-0.3, -0.25) is 4.98 Å². The van der Waals surface area contributed by atoms with Gasteiger partial charge in [0.25, 0.3) is 0 Å². The number of aryl methyl sites for hydroxylation is 1. The number of hydrogen-bond acceptors (Lipinski definition) is 2. The fourth-order valence-electron chi connectivity index (χ4n) is 3.25. The van der Waals surface area contributed by atoms with Crippen LogP contribution in [0.15, 0.2) is 18.5 Å². The highest BCUT2D eigenvalue weighted by atomic mass is 16.3. The maximum atomic E-state index is 10.9. The first-order valence-electron chi connectivity index (χ1n) is 5.99. The second kappa shape index (κ2) is 3.56. The predicted octanol–water partition coefficient (Wildman–Crippen LogP) is 3.03. The molecule has 0 aromatic carbocycles. The number of aliphatic hydroxyl groups is 1. The van der Waals surface area contributed by atoms with Gasteiger partial charge < -0.3 is 5.11 Å². The molecule has 2 rings (SSSR count). The van der Waals surface area contributed by atoms with Crippen LogP contribution >= 0.6 is 0 Å². The zero-order valence-corrected chi connectivity index (χ0v) is 10.6. The summed E-state index contributed by atoms with van der Waals surface area (Å²) in [5.41, 5.74) is 1.67. The standard InChI is InChI=1S/C14H21NO/c1-10-5-6-15-8-12(10)14(16)9-13(3,4)7-11(14)2/h5-6,8,11,16H,7,9H2,1-4H3. The van der Waals surface area contributed by atoms with Crippen molar-refractivity contribution < 1.29 is 5.11 Å². The summed E-state index contributed by atoms with van der Waals surface area (Å²) in [6.07, 6.45) is 5.51. The van der Waals surface area contributed by atoms with Gasteiger partial charge >= 0.3 is 0 Å². The van der Waals surface area contributed by atoms with Crippen molar-refractivity contribution in [1.29, 1.82) is 0 Å². The van der Waals surface area contributed by atoms with E-state index in [0.717, 1.165) is 24.0 Å². The van der Waals surface area contributed by atoms with Crippen molar-refractivity contribution in [2.24, 2.45) is 11.3 Å². The molecule has 1 aliphatic rings. The van der Waals surface area contributed by atoms with E-state index in [9.17, 15) is 5.11 Å². The van der Waals surface area contributed by atoms with Gasteiger partial charge in [-0.05, 0) is 42.7 Å². The van der Waals surface area contributed by atoms with Crippen LogP contribution < -0.4 is 0 Å². The average Bonchev–Trinajstić information content (AvgIpc) is 2.36. The summed E-state index contributed by atoms with van der Waals surface area (Å²) in [6.45, 7) is 8.65. The molecule has 1 fully saturated rings. The van der Waals surface area contributed by atoms with E-state index in [4.69, 9.17) is 0 Å². The molecule has 1 saturated carbocycles. The molecule has 88 valence electrons. The van der Waals surface area contributed by atoms with Gasteiger partial charge in [0, 0.05) is 18.0 Å². The van der Waals surface area contributed by atoms with Gasteiger partial charge in [-0.25, -0.2) is 0 Å². The molecular formula is C14H21NO. The number of nitrogens with zero attached hydrogens (tertiary/aromatic N) is 1. The zero-order chi connectivity index (χ0) is 12.0. The third-order valence-corrected chi connectivity index (χ3v) is 3.93. The maximum absolute atomic E-state index is 10.9. The Bertz CT molecular complexity index is 399. The summed E-state index contributed by atoms with van der Waals surface area (Å²) < 4.78 is 0. The third-order valence-electron chi connectivity index (χ3n) is 3.93. The second-order valence-corrected chi connectivity index (χ2v) is 6.06. The highest BCUT2D eigenvalue weighted by molar-refractivity contribution is 5.30. The van der Waals surface area contributed by atoms with Crippen LogP contribution in [0, 0.1) is 18.3 Å². The number of aromatic nitrogens is 1. The molecule has 0 saturated heterocycles. The van der Waals surface area contributed by atoms with Crippen LogP contribution in [0.4, 0.5) is 0 Å². The molecule has 2 nitrogen and oxygen atoms in total. The lowest BCUT2D eigenvalue weighted by atomic mass is 9.82. The maximum Gasteiger partial charge on any atom is 0.0944 e. The van der Waals surface area contributed by atoms with Crippen molar-refractivity contribution in [2.45, 2.75) is 46.1 Å². The SMILES string of the molecule is Cc1ccncc1C1(O)CC(C)(C)CC1C. The molecule has 16 heavy (non-hydrogen) atoms. The predicted molar refractivity (Wildman–Crippen MR) is 65.0 cm³/mol. The lowest BCUT2D eigenvalue weighted by Gasteiger charge is -2.30. The van der Waals surface area contributed by atoms with Gasteiger partial charge in [0.1, 0.15) is 0 Å². The minimum Gasteiger partial charge on any atom is -0.385 e. The van der Waals surface area contributed by atoms with Crippen LogP contribution in [-0.2, 0) is 5.60 Å². The van der Waals surface area contributed by atoms with Gasteiger partial charge in [0.2, 0.25) is 0 Å². The summed E-state index contributed by atoms with van der Waals surface area (Å²) in [7, 11) is 0. The smallest absolute Gasteiger partial charge is 0.0944 e. The molecule has 0 amide bonds. The van der Waals surface area contributed by atoms with Crippen LogP contribution in [0.1, 0.15) is 44.7 Å². The Morgan fingerprint density at radius 3 is 2.62 bits per heavy atom. The van der Waals surface area contributed by atoms with Gasteiger partial charge in [0.15, 0.2) is 0 Å². The molecule has 0 radical (unpaired) electrons. The number of pyridine rings is 1. The first-order valence-corrected chi connectivity index (χ1v) is 5.99. The molecule has 0 bridgehead atoms. The van der Waals surface area contributed by atoms with E-state index >= 15 is 0 Å². The van der Waals surface area contributed by atoms with Crippen molar-refractivity contribution in [3.05, 3.63) is 29.6 Å². The van der Waals surface area contributed by atoms with E-state index in [1.54, 1.807) is 6.20 Å². The lowest BCUT2D eigenvalue weighted by molar-refractivity contribution is -0.00172. The van der Waals surface area contributed by atoms with E-state index < -0.39 is 5.60 Å². The molecule has 1 N–H and O–H groups in total. The van der Waals surface area contributed by atoms with E-state index in [1.165, 1.54) is 0 Å². The van der Waals surface area contributed by atoms with Gasteiger partial charge in [0.05, 0.1) is 5.60 Å². The first kappa shape index (κ1) is 11.6. The van der Waals surface area contributed by atoms with Crippen molar-refractivity contribution >= 4 is 0 Å². The van der Waals surface area contributed by atoms with Crippen LogP contribution in [0.25, 0.3) is 0 Å². The summed E-state index contributed by atoms with van der Waals surface area (Å²) in [5, 5.41) is 10.9. The number of rotatable bonds is 1. The molecule has 2 heteroatoms. The fourth-order valence-corrected chi connectivity index (χ4v) is 3.25. The minimum absolute atomic E-state index is 0.219. The third kappa shape index (κ3) is 1.75. The quantitative estimate of drug-likeness (QED) is 0.787. The van der Waals surface area contributed by atoms with Crippen molar-refractivity contribution in [3.63, 3.8) is 0 Å². The normalized spacial score (nSPS) is 32.9. The van der Waals surface area contributed by atoms with Gasteiger partial charge in [-0.2, -0.15) is 0 Å². The van der Waals surface area contributed by atoms with Crippen LogP contribution in [0.2, 0.25) is 0 Å². The number of hydrogen-bond donors (Lipinski definition) is 1. The van der Waals surface area contributed by atoms with Gasteiger partial charge in [-0.1, -0.05) is 20.8 Å². The minimum atomic E-state index is -0.693. The Balaban J connectivity index is 2.44. The first-order chi connectivity index (χ1) is 7.35. The summed E-state index contributed by atoms with van der Waals surface area (Å²) in [5.74, 6) is 0.297. The Labute approximate surface area is 97.7 Å². The van der Waals surface area contributed by atoms with Crippen molar-refractivity contribution in [1.82, 2.24) is 4.98 Å². The molecule has 1 aliphatic carbocycles. The molecule has 2 unspecified atom stereocenters. The Hall–Kier alpha value is -0.890. The monoisotopic (exact) mass is 219 g/mol. The second-order valence-electron chi connectivity index (χ2n) is 6.06. The molecule has 0 aliphatic heterocycles. The Morgan fingerprint density at radius 2 is 2.12 bits per heavy atom. The Kier molecular flexibility index (Phi) is 2.58. The van der Waals surface area contributed by atoms with Gasteiger partial charge in [-0.15, -0.1) is 0 Å². The molecule has 1 heterocycles. The van der Waals surface area contributed by atoms with Crippen LogP contribution in [-0.4, -0.2) is 10.1 Å². The van der Waals surface area contributed by atoms with E-state index in [-0.39, 0.29) is 5.41 Å². The Morgan fingerprint density at radius 1 is 1.44 bits per heavy atom. The van der Waals surface area contributed by atoms with Crippen molar-refractivity contribution in [3.8, 4) is 0 Å². The van der Waals surface area contributed by atoms with E-state index in [1.807, 2.05) is 19.2 Å². The average molecular weight is 219 g/mol. The highest BCUT2D eigenvalue weighted by Crippen LogP contribution is 2.52. The summed E-state index contributed by atoms with van der Waals surface area (Å²) in [4.78, 5) is 4.16. The van der Waals surface area contributed by atoms with Crippen LogP contribution in [0.3, 0.4) is 0 Å². The molecule has 1 aromatic heterocycles. The zero-order valence-electron chi connectivity index (χ0n) is 10.6. The van der Waals surface area contributed by atoms with Crippen LogP contribution in [0.5, 0.6) is 0 Å². The van der Waals surface area contributed by atoms with E-state index in [0.29, 0.717) is 5.92 Å². The van der Waals surface area contributed by atoms with E-state index in [2.05, 4.69) is 25.8 Å².